The summed E-state index contributed by atoms with van der Waals surface area (Å²) < 4.78 is 0. The fourth-order valence-corrected chi connectivity index (χ4v) is 2.42. The fraction of sp³-hybridized carbons (Fsp3) is 0.214. The third-order valence-electron chi connectivity index (χ3n) is 2.67. The van der Waals surface area contributed by atoms with Crippen molar-refractivity contribution in [2.24, 2.45) is 0 Å². The summed E-state index contributed by atoms with van der Waals surface area (Å²) in [5.41, 5.74) is 7.24. The highest BCUT2D eigenvalue weighted by Gasteiger charge is 2.13. The Labute approximate surface area is 111 Å². The van der Waals surface area contributed by atoms with E-state index in [2.05, 4.69) is 11.9 Å². The summed E-state index contributed by atoms with van der Waals surface area (Å²) in [6.45, 7) is 2.11. The van der Waals surface area contributed by atoms with E-state index in [1.165, 1.54) is 4.90 Å². The van der Waals surface area contributed by atoms with Crippen molar-refractivity contribution in [1.29, 1.82) is 0 Å². The summed E-state index contributed by atoms with van der Waals surface area (Å²) in [6.07, 6.45) is 0.895. The third kappa shape index (κ3) is 2.83. The Bertz CT molecular complexity index is 513. The van der Waals surface area contributed by atoms with Gasteiger partial charge in [-0.2, -0.15) is 0 Å². The second-order valence-corrected chi connectivity index (χ2v) is 5.22. The van der Waals surface area contributed by atoms with Crippen molar-refractivity contribution in [3.8, 4) is 0 Å². The number of thioether (sulfide) groups is 1. The van der Waals surface area contributed by atoms with Crippen LogP contribution in [0.5, 0.6) is 0 Å². The number of benzene rings is 1. The van der Waals surface area contributed by atoms with Gasteiger partial charge in [-0.25, -0.2) is 4.98 Å². The summed E-state index contributed by atoms with van der Waals surface area (Å²) in [6, 6.07) is 11.4. The van der Waals surface area contributed by atoms with Gasteiger partial charge in [-0.05, 0) is 29.5 Å². The number of hydrogen-bond donors (Lipinski definition) is 2. The van der Waals surface area contributed by atoms with Gasteiger partial charge in [-0.15, -0.1) is 11.8 Å². The first-order valence-corrected chi connectivity index (χ1v) is 6.82. The molecule has 0 saturated heterocycles. The number of rotatable bonds is 4. The molecule has 4 heteroatoms. The molecule has 18 heavy (non-hydrogen) atoms. The molecule has 0 aliphatic heterocycles. The predicted octanol–water partition coefficient (Wildman–Crippen LogP) is 2.86. The number of aliphatic hydroxyl groups is 1. The Balaban J connectivity index is 2.23. The highest BCUT2D eigenvalue weighted by atomic mass is 32.2. The van der Waals surface area contributed by atoms with Crippen LogP contribution in [0.4, 0.5) is 5.82 Å². The van der Waals surface area contributed by atoms with E-state index in [-0.39, 0.29) is 0 Å². The minimum Gasteiger partial charge on any atom is -0.384 e. The number of pyridine rings is 1. The summed E-state index contributed by atoms with van der Waals surface area (Å²) in [7, 11) is 0. The molecule has 1 atom stereocenters. The van der Waals surface area contributed by atoms with E-state index in [0.29, 0.717) is 11.4 Å². The van der Waals surface area contributed by atoms with Crippen molar-refractivity contribution in [2.75, 3.05) is 11.5 Å². The molecule has 0 amide bonds. The van der Waals surface area contributed by atoms with E-state index >= 15 is 0 Å². The van der Waals surface area contributed by atoms with E-state index in [9.17, 15) is 5.11 Å². The van der Waals surface area contributed by atoms with Gasteiger partial charge in [0.1, 0.15) is 11.9 Å². The first-order chi connectivity index (χ1) is 8.72. The van der Waals surface area contributed by atoms with Crippen LogP contribution in [0, 0.1) is 0 Å². The highest BCUT2D eigenvalue weighted by Crippen LogP contribution is 2.27. The molecule has 1 unspecified atom stereocenters. The Morgan fingerprint density at radius 1 is 1.28 bits per heavy atom. The monoisotopic (exact) mass is 260 g/mol. The van der Waals surface area contributed by atoms with Crippen molar-refractivity contribution in [3.05, 3.63) is 53.7 Å². The van der Waals surface area contributed by atoms with Gasteiger partial charge in [0, 0.05) is 16.7 Å². The Morgan fingerprint density at radius 3 is 2.61 bits per heavy atom. The van der Waals surface area contributed by atoms with Crippen molar-refractivity contribution in [2.45, 2.75) is 17.9 Å². The molecule has 3 nitrogen and oxygen atoms in total. The number of nitrogens with two attached hydrogens (primary N) is 1. The second-order valence-electron chi connectivity index (χ2n) is 3.88. The zero-order valence-corrected chi connectivity index (χ0v) is 11.0. The van der Waals surface area contributed by atoms with Crippen molar-refractivity contribution < 1.29 is 5.11 Å². The van der Waals surface area contributed by atoms with E-state index < -0.39 is 6.10 Å². The van der Waals surface area contributed by atoms with Crippen LogP contribution in [0.25, 0.3) is 0 Å². The number of aromatic nitrogens is 1. The van der Waals surface area contributed by atoms with Crippen LogP contribution in [0.2, 0.25) is 0 Å². The van der Waals surface area contributed by atoms with Gasteiger partial charge in [0.25, 0.3) is 0 Å². The van der Waals surface area contributed by atoms with Gasteiger partial charge in [-0.3, -0.25) is 0 Å². The fourth-order valence-electron chi connectivity index (χ4n) is 1.75. The van der Waals surface area contributed by atoms with Crippen LogP contribution in [0.15, 0.2) is 47.5 Å². The number of aliphatic hydroxyl groups excluding tert-OH is 1. The molecule has 0 saturated carbocycles. The third-order valence-corrected chi connectivity index (χ3v) is 3.57. The Kier molecular flexibility index (Phi) is 4.23. The van der Waals surface area contributed by atoms with Gasteiger partial charge < -0.3 is 10.8 Å². The smallest absolute Gasteiger partial charge is 0.129 e. The SMILES string of the molecule is CCSc1ccc(C(O)c2cccnc2N)cc1. The molecule has 2 aromatic rings. The quantitative estimate of drug-likeness (QED) is 0.830. The number of anilines is 1. The summed E-state index contributed by atoms with van der Waals surface area (Å²) >= 11 is 1.78. The van der Waals surface area contributed by atoms with Crippen molar-refractivity contribution in [1.82, 2.24) is 4.98 Å². The maximum absolute atomic E-state index is 10.3. The Hall–Kier alpha value is -1.52. The standard InChI is InChI=1S/C14H16N2OS/c1-2-18-11-7-5-10(6-8-11)13(17)12-4-3-9-16-14(12)15/h3-9,13,17H,2H2,1H3,(H2,15,16). The van der Waals surface area contributed by atoms with Crippen LogP contribution in [0.3, 0.4) is 0 Å². The van der Waals surface area contributed by atoms with Gasteiger partial charge in [0.15, 0.2) is 0 Å². The summed E-state index contributed by atoms with van der Waals surface area (Å²) in [5, 5.41) is 10.3. The van der Waals surface area contributed by atoms with E-state index in [1.807, 2.05) is 24.3 Å². The van der Waals surface area contributed by atoms with Crippen molar-refractivity contribution in [3.63, 3.8) is 0 Å². The molecule has 0 fully saturated rings. The molecular weight excluding hydrogens is 244 g/mol. The first-order valence-electron chi connectivity index (χ1n) is 5.83. The normalized spacial score (nSPS) is 12.3. The molecule has 1 aromatic heterocycles. The molecular formula is C14H16N2OS. The lowest BCUT2D eigenvalue weighted by molar-refractivity contribution is 0.220. The Morgan fingerprint density at radius 2 is 2.00 bits per heavy atom. The van der Waals surface area contributed by atoms with Crippen molar-refractivity contribution >= 4 is 17.6 Å². The minimum absolute atomic E-state index is 0.372. The zero-order valence-electron chi connectivity index (χ0n) is 10.2. The summed E-state index contributed by atoms with van der Waals surface area (Å²) in [5.74, 6) is 1.41. The van der Waals surface area contributed by atoms with E-state index in [0.717, 1.165) is 11.3 Å². The molecule has 0 aliphatic rings. The van der Waals surface area contributed by atoms with Crippen LogP contribution in [0.1, 0.15) is 24.2 Å². The van der Waals surface area contributed by atoms with Crippen LogP contribution < -0.4 is 5.73 Å². The first kappa shape index (κ1) is 12.9. The van der Waals surface area contributed by atoms with Gasteiger partial charge in [0.2, 0.25) is 0 Å². The molecule has 94 valence electrons. The maximum atomic E-state index is 10.3. The molecule has 1 aromatic carbocycles. The molecule has 0 bridgehead atoms. The molecule has 3 N–H and O–H groups in total. The predicted molar refractivity (Wildman–Crippen MR) is 75.6 cm³/mol. The van der Waals surface area contributed by atoms with Crippen LogP contribution in [-0.2, 0) is 0 Å². The largest absolute Gasteiger partial charge is 0.384 e. The average molecular weight is 260 g/mol. The minimum atomic E-state index is -0.723. The van der Waals surface area contributed by atoms with Gasteiger partial charge in [-0.1, -0.05) is 25.1 Å². The molecule has 0 aliphatic carbocycles. The molecule has 1 heterocycles. The second kappa shape index (κ2) is 5.89. The zero-order chi connectivity index (χ0) is 13.0. The van der Waals surface area contributed by atoms with Crippen LogP contribution in [-0.4, -0.2) is 15.8 Å². The van der Waals surface area contributed by atoms with E-state index in [4.69, 9.17) is 5.73 Å². The molecule has 0 radical (unpaired) electrons. The summed E-state index contributed by atoms with van der Waals surface area (Å²) in [4.78, 5) is 5.19. The topological polar surface area (TPSA) is 59.1 Å². The number of hydrogen-bond acceptors (Lipinski definition) is 4. The lowest BCUT2D eigenvalue weighted by Crippen LogP contribution is -2.05. The van der Waals surface area contributed by atoms with Gasteiger partial charge in [0.05, 0.1) is 0 Å². The van der Waals surface area contributed by atoms with Crippen LogP contribution >= 0.6 is 11.8 Å². The highest BCUT2D eigenvalue weighted by molar-refractivity contribution is 7.99. The average Bonchev–Trinajstić information content (AvgIpc) is 2.40. The molecule has 2 rings (SSSR count). The van der Waals surface area contributed by atoms with E-state index in [1.54, 1.807) is 30.1 Å². The lowest BCUT2D eigenvalue weighted by Gasteiger charge is -2.13. The lowest BCUT2D eigenvalue weighted by atomic mass is 10.0. The maximum Gasteiger partial charge on any atom is 0.129 e. The molecule has 0 spiro atoms. The van der Waals surface area contributed by atoms with Gasteiger partial charge >= 0.3 is 0 Å². The number of nitrogens with zero attached hydrogens (tertiary/aromatic N) is 1. The number of nitrogen functional groups attached to an aromatic ring is 1.